The molecule has 0 spiro atoms. The van der Waals surface area contributed by atoms with Gasteiger partial charge in [-0.2, -0.15) is 5.26 Å². The highest BCUT2D eigenvalue weighted by Crippen LogP contribution is 2.26. The lowest BCUT2D eigenvalue weighted by atomic mass is 10.2. The topological polar surface area (TPSA) is 57.9 Å². The summed E-state index contributed by atoms with van der Waals surface area (Å²) in [4.78, 5) is 4.08. The molecule has 2 aromatic rings. The number of rotatable bonds is 3. The Labute approximate surface area is 110 Å². The number of nitriles is 1. The number of hydrogen-bond donors (Lipinski definition) is 1. The fraction of sp³-hybridized carbons (Fsp3) is 0.0769. The minimum atomic E-state index is 0.491. The Morgan fingerprint density at radius 1 is 1.33 bits per heavy atom. The molecule has 0 aliphatic heterocycles. The van der Waals surface area contributed by atoms with Crippen LogP contribution in [0.3, 0.4) is 0 Å². The van der Waals surface area contributed by atoms with E-state index in [1.165, 1.54) is 0 Å². The maximum Gasteiger partial charge on any atom is 0.213 e. The highest BCUT2D eigenvalue weighted by molar-refractivity contribution is 6.33. The van der Waals surface area contributed by atoms with Gasteiger partial charge in [-0.05, 0) is 24.3 Å². The molecule has 1 N–H and O–H groups in total. The summed E-state index contributed by atoms with van der Waals surface area (Å²) in [6.07, 6.45) is 1.65. The van der Waals surface area contributed by atoms with Gasteiger partial charge in [0.2, 0.25) is 5.88 Å². The Balaban J connectivity index is 2.20. The smallest absolute Gasteiger partial charge is 0.213 e. The van der Waals surface area contributed by atoms with Crippen molar-refractivity contribution in [1.29, 1.82) is 5.26 Å². The Morgan fingerprint density at radius 2 is 2.17 bits per heavy atom. The maximum absolute atomic E-state index is 8.75. The number of methoxy groups -OCH3 is 1. The highest BCUT2D eigenvalue weighted by atomic mass is 35.5. The van der Waals surface area contributed by atoms with Crippen LogP contribution in [0.4, 0.5) is 11.4 Å². The van der Waals surface area contributed by atoms with E-state index in [1.807, 2.05) is 12.1 Å². The van der Waals surface area contributed by atoms with E-state index in [2.05, 4.69) is 10.3 Å². The van der Waals surface area contributed by atoms with Crippen molar-refractivity contribution in [1.82, 2.24) is 4.98 Å². The van der Waals surface area contributed by atoms with Crippen LogP contribution >= 0.6 is 11.6 Å². The molecule has 4 nitrogen and oxygen atoms in total. The third-order valence-corrected chi connectivity index (χ3v) is 2.64. The molecule has 2 rings (SSSR count). The standard InChI is InChI=1S/C13H10ClN3O/c1-18-13-5-3-10(8-16-13)17-12-4-2-9(7-15)6-11(12)14/h2-6,8,17H,1H3. The summed E-state index contributed by atoms with van der Waals surface area (Å²) < 4.78 is 4.97. The van der Waals surface area contributed by atoms with Crippen molar-refractivity contribution in [2.75, 3.05) is 12.4 Å². The van der Waals surface area contributed by atoms with Gasteiger partial charge < -0.3 is 10.1 Å². The van der Waals surface area contributed by atoms with Crippen LogP contribution < -0.4 is 10.1 Å². The molecule has 1 aromatic heterocycles. The zero-order valence-electron chi connectivity index (χ0n) is 9.64. The second kappa shape index (κ2) is 5.39. The first kappa shape index (κ1) is 12.2. The number of nitrogens with one attached hydrogen (secondary N) is 1. The average molecular weight is 260 g/mol. The van der Waals surface area contributed by atoms with Crippen LogP contribution in [0.5, 0.6) is 5.88 Å². The van der Waals surface area contributed by atoms with Crippen LogP contribution in [0.25, 0.3) is 0 Å². The molecule has 0 fully saturated rings. The first-order valence-corrected chi connectivity index (χ1v) is 5.57. The molecule has 0 atom stereocenters. The number of nitrogens with zero attached hydrogens (tertiary/aromatic N) is 2. The maximum atomic E-state index is 8.75. The van der Waals surface area contributed by atoms with E-state index in [4.69, 9.17) is 21.6 Å². The molecule has 5 heteroatoms. The van der Waals surface area contributed by atoms with Crippen molar-refractivity contribution in [2.45, 2.75) is 0 Å². The fourth-order valence-corrected chi connectivity index (χ4v) is 1.64. The summed E-state index contributed by atoms with van der Waals surface area (Å²) in [5.74, 6) is 0.548. The van der Waals surface area contributed by atoms with Gasteiger partial charge >= 0.3 is 0 Å². The van der Waals surface area contributed by atoms with E-state index in [-0.39, 0.29) is 0 Å². The number of aromatic nitrogens is 1. The SMILES string of the molecule is COc1ccc(Nc2ccc(C#N)cc2Cl)cn1. The van der Waals surface area contributed by atoms with Gasteiger partial charge in [0.25, 0.3) is 0 Å². The third-order valence-electron chi connectivity index (χ3n) is 2.32. The molecule has 1 aromatic carbocycles. The van der Waals surface area contributed by atoms with Gasteiger partial charge in [0, 0.05) is 6.07 Å². The average Bonchev–Trinajstić information content (AvgIpc) is 2.42. The zero-order chi connectivity index (χ0) is 13.0. The van der Waals surface area contributed by atoms with Gasteiger partial charge in [0.15, 0.2) is 0 Å². The summed E-state index contributed by atoms with van der Waals surface area (Å²) in [5.41, 5.74) is 2.04. The van der Waals surface area contributed by atoms with E-state index < -0.39 is 0 Å². The van der Waals surface area contributed by atoms with Crippen molar-refractivity contribution < 1.29 is 4.74 Å². The van der Waals surface area contributed by atoms with Gasteiger partial charge in [0.05, 0.1) is 41.3 Å². The van der Waals surface area contributed by atoms with Gasteiger partial charge in [0.1, 0.15) is 0 Å². The minimum absolute atomic E-state index is 0.491. The highest BCUT2D eigenvalue weighted by Gasteiger charge is 2.03. The second-order valence-corrected chi connectivity index (χ2v) is 3.93. The Kier molecular flexibility index (Phi) is 3.66. The van der Waals surface area contributed by atoms with Crippen molar-refractivity contribution >= 4 is 23.0 Å². The van der Waals surface area contributed by atoms with E-state index >= 15 is 0 Å². The van der Waals surface area contributed by atoms with Crippen LogP contribution in [0.2, 0.25) is 5.02 Å². The summed E-state index contributed by atoms with van der Waals surface area (Å²) >= 11 is 6.06. The van der Waals surface area contributed by atoms with E-state index in [0.29, 0.717) is 16.5 Å². The van der Waals surface area contributed by atoms with Gasteiger partial charge in [-0.15, -0.1) is 0 Å². The summed E-state index contributed by atoms with van der Waals surface area (Å²) in [6, 6.07) is 10.7. The molecule has 0 aliphatic carbocycles. The predicted octanol–water partition coefficient (Wildman–Crippen LogP) is 3.36. The van der Waals surface area contributed by atoms with Gasteiger partial charge in [-0.1, -0.05) is 11.6 Å². The van der Waals surface area contributed by atoms with Crippen LogP contribution in [0.15, 0.2) is 36.5 Å². The van der Waals surface area contributed by atoms with Gasteiger partial charge in [-0.3, -0.25) is 0 Å². The van der Waals surface area contributed by atoms with E-state index in [1.54, 1.807) is 37.6 Å². The normalized spacial score (nSPS) is 9.61. The van der Waals surface area contributed by atoms with Crippen LogP contribution in [0.1, 0.15) is 5.56 Å². The molecule has 0 saturated heterocycles. The molecular formula is C13H10ClN3O. The first-order chi connectivity index (χ1) is 8.72. The molecule has 18 heavy (non-hydrogen) atoms. The molecule has 0 bridgehead atoms. The molecule has 0 amide bonds. The third kappa shape index (κ3) is 2.70. The largest absolute Gasteiger partial charge is 0.481 e. The van der Waals surface area contributed by atoms with Crippen molar-refractivity contribution in [3.05, 3.63) is 47.1 Å². The van der Waals surface area contributed by atoms with Crippen molar-refractivity contribution in [3.63, 3.8) is 0 Å². The number of ether oxygens (including phenoxy) is 1. The lowest BCUT2D eigenvalue weighted by Gasteiger charge is -2.08. The van der Waals surface area contributed by atoms with Crippen LogP contribution in [-0.2, 0) is 0 Å². The van der Waals surface area contributed by atoms with Crippen LogP contribution in [-0.4, -0.2) is 12.1 Å². The summed E-state index contributed by atoms with van der Waals surface area (Å²) in [7, 11) is 1.56. The Bertz CT molecular complexity index is 590. The minimum Gasteiger partial charge on any atom is -0.481 e. The van der Waals surface area contributed by atoms with Crippen molar-refractivity contribution in [3.8, 4) is 11.9 Å². The molecule has 1 heterocycles. The fourth-order valence-electron chi connectivity index (χ4n) is 1.42. The predicted molar refractivity (Wildman–Crippen MR) is 70.2 cm³/mol. The number of anilines is 2. The molecule has 0 unspecified atom stereocenters. The molecule has 90 valence electrons. The Morgan fingerprint density at radius 3 is 2.72 bits per heavy atom. The monoisotopic (exact) mass is 259 g/mol. The summed E-state index contributed by atoms with van der Waals surface area (Å²) in [5, 5.41) is 12.4. The first-order valence-electron chi connectivity index (χ1n) is 5.19. The molecule has 0 aliphatic rings. The number of benzene rings is 1. The van der Waals surface area contributed by atoms with E-state index in [9.17, 15) is 0 Å². The van der Waals surface area contributed by atoms with E-state index in [0.717, 1.165) is 11.4 Å². The lowest BCUT2D eigenvalue weighted by molar-refractivity contribution is 0.398. The zero-order valence-corrected chi connectivity index (χ0v) is 10.4. The molecule has 0 radical (unpaired) electrons. The Hall–Kier alpha value is -2.25. The summed E-state index contributed by atoms with van der Waals surface area (Å²) in [6.45, 7) is 0. The lowest BCUT2D eigenvalue weighted by Crippen LogP contribution is -1.93. The van der Waals surface area contributed by atoms with Crippen LogP contribution in [0, 0.1) is 11.3 Å². The number of halogens is 1. The van der Waals surface area contributed by atoms with Gasteiger partial charge in [-0.25, -0.2) is 4.98 Å². The molecule has 0 saturated carbocycles. The van der Waals surface area contributed by atoms with Crippen molar-refractivity contribution in [2.24, 2.45) is 0 Å². The molecular weight excluding hydrogens is 250 g/mol. The number of hydrogen-bond acceptors (Lipinski definition) is 4. The second-order valence-electron chi connectivity index (χ2n) is 3.52. The quantitative estimate of drug-likeness (QED) is 0.918. The number of pyridine rings is 1.